The first-order chi connectivity index (χ1) is 21.3. The number of rotatable bonds is 2. The van der Waals surface area contributed by atoms with Crippen LogP contribution in [0.2, 0.25) is 0 Å². The third-order valence-corrected chi connectivity index (χ3v) is 9.55. The number of fused-ring (bicyclic) bond motifs is 8. The number of benzene rings is 9. The predicted molar refractivity (Wildman–Crippen MR) is 190 cm³/mol. The Morgan fingerprint density at radius 2 is 0.651 bits per heavy atom. The zero-order valence-electron chi connectivity index (χ0n) is 23.3. The van der Waals surface area contributed by atoms with E-state index in [9.17, 15) is 0 Å². The first-order valence-corrected chi connectivity index (χ1v) is 15.5. The summed E-state index contributed by atoms with van der Waals surface area (Å²) in [5.41, 5.74) is 5.10. The van der Waals surface area contributed by atoms with Gasteiger partial charge in [0.25, 0.3) is 0 Å². The molecule has 0 atom stereocenters. The molecule has 0 aromatic heterocycles. The molecule has 9 aromatic rings. The number of halogens is 1. The normalized spacial score (nSPS) is 11.8. The van der Waals surface area contributed by atoms with Gasteiger partial charge in [0.2, 0.25) is 0 Å². The molecule has 0 N–H and O–H groups in total. The highest BCUT2D eigenvalue weighted by Crippen LogP contribution is 2.48. The molecule has 0 saturated heterocycles. The highest BCUT2D eigenvalue weighted by Gasteiger charge is 2.21. The van der Waals surface area contributed by atoms with Crippen molar-refractivity contribution in [3.05, 3.63) is 156 Å². The first-order valence-electron chi connectivity index (χ1n) is 14.7. The summed E-state index contributed by atoms with van der Waals surface area (Å²) in [6.07, 6.45) is 0. The molecular weight excluding hydrogens is 584 g/mol. The van der Waals surface area contributed by atoms with E-state index in [1.54, 1.807) is 0 Å². The van der Waals surface area contributed by atoms with E-state index in [2.05, 4.69) is 168 Å². The maximum atomic E-state index is 3.85. The molecular formula is C42H25Br. The molecule has 0 nitrogen and oxygen atoms in total. The Kier molecular flexibility index (Phi) is 5.45. The lowest BCUT2D eigenvalue weighted by Crippen LogP contribution is -1.93. The summed E-state index contributed by atoms with van der Waals surface area (Å²) in [4.78, 5) is 0. The third-order valence-electron chi connectivity index (χ3n) is 9.06. The van der Waals surface area contributed by atoms with Crippen LogP contribution in [0, 0.1) is 0 Å². The fourth-order valence-corrected chi connectivity index (χ4v) is 7.61. The van der Waals surface area contributed by atoms with Crippen LogP contribution in [0.5, 0.6) is 0 Å². The second-order valence-electron chi connectivity index (χ2n) is 11.4. The Morgan fingerprint density at radius 1 is 0.279 bits per heavy atom. The van der Waals surface area contributed by atoms with Crippen LogP contribution in [0.25, 0.3) is 86.9 Å². The summed E-state index contributed by atoms with van der Waals surface area (Å²) in [5, 5.41) is 15.3. The van der Waals surface area contributed by atoms with Gasteiger partial charge in [-0.3, -0.25) is 0 Å². The van der Waals surface area contributed by atoms with Crippen molar-refractivity contribution in [2.75, 3.05) is 0 Å². The molecule has 0 fully saturated rings. The SMILES string of the molecule is Brc1ccc2c(-c3cc4ccccc4c4ccccc34)c3ccccc3c(-c3cc4ccccc4c4ccccc34)c2c1. The fraction of sp³-hybridized carbons (Fsp3) is 0. The molecule has 0 aliphatic heterocycles. The molecule has 9 aromatic carbocycles. The molecule has 0 amide bonds. The molecule has 0 heterocycles. The highest BCUT2D eigenvalue weighted by molar-refractivity contribution is 9.10. The maximum absolute atomic E-state index is 3.85. The van der Waals surface area contributed by atoms with Gasteiger partial charge in [0, 0.05) is 4.47 Å². The van der Waals surface area contributed by atoms with Crippen LogP contribution < -0.4 is 0 Å². The van der Waals surface area contributed by atoms with E-state index in [1.165, 1.54) is 86.9 Å². The van der Waals surface area contributed by atoms with Crippen LogP contribution >= 0.6 is 15.9 Å². The van der Waals surface area contributed by atoms with Crippen LogP contribution in [-0.2, 0) is 0 Å². The Balaban J connectivity index is 1.51. The molecule has 9 rings (SSSR count). The topological polar surface area (TPSA) is 0 Å². The van der Waals surface area contributed by atoms with Crippen LogP contribution in [0.15, 0.2) is 156 Å². The smallest absolute Gasteiger partial charge is 0.0181 e. The zero-order chi connectivity index (χ0) is 28.5. The van der Waals surface area contributed by atoms with Gasteiger partial charge < -0.3 is 0 Å². The Labute approximate surface area is 258 Å². The van der Waals surface area contributed by atoms with E-state index >= 15 is 0 Å². The van der Waals surface area contributed by atoms with Gasteiger partial charge >= 0.3 is 0 Å². The van der Waals surface area contributed by atoms with Crippen LogP contribution in [0.4, 0.5) is 0 Å². The minimum absolute atomic E-state index is 1.08. The van der Waals surface area contributed by atoms with E-state index in [0.29, 0.717) is 0 Å². The minimum Gasteiger partial charge on any atom is -0.0616 e. The Hall–Kier alpha value is -4.98. The average molecular weight is 610 g/mol. The van der Waals surface area contributed by atoms with Crippen molar-refractivity contribution in [1.29, 1.82) is 0 Å². The largest absolute Gasteiger partial charge is 0.0616 e. The van der Waals surface area contributed by atoms with E-state index in [-0.39, 0.29) is 0 Å². The summed E-state index contributed by atoms with van der Waals surface area (Å²) in [5.74, 6) is 0. The molecule has 1 heteroatoms. The summed E-state index contributed by atoms with van der Waals surface area (Å²) in [6, 6.07) is 55.8. The van der Waals surface area contributed by atoms with Gasteiger partial charge in [-0.05, 0) is 111 Å². The monoisotopic (exact) mass is 608 g/mol. The Bertz CT molecular complexity index is 2570. The molecule has 43 heavy (non-hydrogen) atoms. The molecule has 0 aliphatic carbocycles. The van der Waals surface area contributed by atoms with Gasteiger partial charge in [0.15, 0.2) is 0 Å². The van der Waals surface area contributed by atoms with Gasteiger partial charge in [-0.25, -0.2) is 0 Å². The molecule has 0 radical (unpaired) electrons. The molecule has 200 valence electrons. The summed E-state index contributed by atoms with van der Waals surface area (Å²) in [7, 11) is 0. The van der Waals surface area contributed by atoms with E-state index in [0.717, 1.165) is 4.47 Å². The lowest BCUT2D eigenvalue weighted by molar-refractivity contribution is 1.68. The lowest BCUT2D eigenvalue weighted by Gasteiger charge is -2.21. The van der Waals surface area contributed by atoms with Crippen molar-refractivity contribution in [2.45, 2.75) is 0 Å². The van der Waals surface area contributed by atoms with Gasteiger partial charge in [0.05, 0.1) is 0 Å². The van der Waals surface area contributed by atoms with Gasteiger partial charge in [-0.2, -0.15) is 0 Å². The molecule has 0 aliphatic rings. The van der Waals surface area contributed by atoms with Crippen molar-refractivity contribution in [3.8, 4) is 22.3 Å². The van der Waals surface area contributed by atoms with Crippen molar-refractivity contribution in [2.24, 2.45) is 0 Å². The van der Waals surface area contributed by atoms with E-state index in [1.807, 2.05) is 0 Å². The average Bonchev–Trinajstić information content (AvgIpc) is 3.06. The van der Waals surface area contributed by atoms with Gasteiger partial charge in [0.1, 0.15) is 0 Å². The molecule has 0 saturated carbocycles. The number of hydrogen-bond acceptors (Lipinski definition) is 0. The van der Waals surface area contributed by atoms with Gasteiger partial charge in [-0.15, -0.1) is 0 Å². The highest BCUT2D eigenvalue weighted by atomic mass is 79.9. The molecule has 0 spiro atoms. The molecule has 0 unspecified atom stereocenters. The number of hydrogen-bond donors (Lipinski definition) is 0. The zero-order valence-corrected chi connectivity index (χ0v) is 24.9. The van der Waals surface area contributed by atoms with E-state index in [4.69, 9.17) is 0 Å². The van der Waals surface area contributed by atoms with E-state index < -0.39 is 0 Å². The lowest BCUT2D eigenvalue weighted by atomic mass is 9.82. The van der Waals surface area contributed by atoms with Crippen LogP contribution in [0.3, 0.4) is 0 Å². The minimum atomic E-state index is 1.08. The summed E-state index contributed by atoms with van der Waals surface area (Å²) in [6.45, 7) is 0. The quantitative estimate of drug-likeness (QED) is 0.135. The van der Waals surface area contributed by atoms with Crippen molar-refractivity contribution in [1.82, 2.24) is 0 Å². The standard InChI is InChI=1S/C42H25Br/c43-28-21-22-37-40(25-28)42(39-24-27-12-2-4-14-30(27)32-16-6-8-18-34(32)39)36-20-10-9-19-35(36)41(37)38-23-26-11-1-3-13-29(26)31-15-5-7-17-33(31)38/h1-25H. The third kappa shape index (κ3) is 3.68. The fourth-order valence-electron chi connectivity index (χ4n) is 7.25. The van der Waals surface area contributed by atoms with Crippen LogP contribution in [0.1, 0.15) is 0 Å². The first kappa shape index (κ1) is 24.6. The molecule has 0 bridgehead atoms. The summed E-state index contributed by atoms with van der Waals surface area (Å²) < 4.78 is 1.08. The van der Waals surface area contributed by atoms with Crippen molar-refractivity contribution >= 4 is 80.6 Å². The maximum Gasteiger partial charge on any atom is 0.0181 e. The van der Waals surface area contributed by atoms with Crippen molar-refractivity contribution in [3.63, 3.8) is 0 Å². The Morgan fingerprint density at radius 3 is 1.16 bits per heavy atom. The summed E-state index contributed by atoms with van der Waals surface area (Å²) >= 11 is 3.85. The second kappa shape index (κ2) is 9.52. The second-order valence-corrected chi connectivity index (χ2v) is 12.3. The van der Waals surface area contributed by atoms with Crippen molar-refractivity contribution < 1.29 is 0 Å². The van der Waals surface area contributed by atoms with Crippen LogP contribution in [-0.4, -0.2) is 0 Å². The van der Waals surface area contributed by atoms with Gasteiger partial charge in [-0.1, -0.05) is 143 Å². The predicted octanol–water partition coefficient (Wildman–Crippen LogP) is 12.7.